The summed E-state index contributed by atoms with van der Waals surface area (Å²) in [6.07, 6.45) is 0. The second kappa shape index (κ2) is 3.93. The van der Waals surface area contributed by atoms with Crippen LogP contribution in [0.4, 0.5) is 0 Å². The fraction of sp³-hybridized carbons (Fsp3) is 0.500. The Kier molecular flexibility index (Phi) is 3.27. The minimum absolute atomic E-state index is 0.356. The van der Waals surface area contributed by atoms with Gasteiger partial charge in [0.15, 0.2) is 0 Å². The molecule has 0 spiro atoms. The summed E-state index contributed by atoms with van der Waals surface area (Å²) >= 11 is 0. The molecular formula is C12H22O2Si2. The third-order valence-electron chi connectivity index (χ3n) is 2.66. The summed E-state index contributed by atoms with van der Waals surface area (Å²) in [5.74, 6) is 0.712. The van der Waals surface area contributed by atoms with E-state index in [0.29, 0.717) is 11.5 Å². The Hall–Kier alpha value is -0.746. The molecule has 1 rings (SSSR count). The van der Waals surface area contributed by atoms with E-state index >= 15 is 0 Å². The fourth-order valence-electron chi connectivity index (χ4n) is 2.10. The molecule has 16 heavy (non-hydrogen) atoms. The van der Waals surface area contributed by atoms with Gasteiger partial charge >= 0.3 is 0 Å². The lowest BCUT2D eigenvalue weighted by atomic mass is 10.3. The van der Waals surface area contributed by atoms with Crippen molar-refractivity contribution in [3.63, 3.8) is 0 Å². The van der Waals surface area contributed by atoms with Gasteiger partial charge in [0.05, 0.1) is 16.1 Å². The molecule has 0 bridgehead atoms. The minimum Gasteiger partial charge on any atom is -0.508 e. The van der Waals surface area contributed by atoms with Crippen LogP contribution in [0.3, 0.4) is 0 Å². The summed E-state index contributed by atoms with van der Waals surface area (Å²) in [5.41, 5.74) is 0. The number of benzene rings is 1. The molecule has 0 aliphatic carbocycles. The third kappa shape index (κ3) is 2.49. The van der Waals surface area contributed by atoms with Gasteiger partial charge in [-0.15, -0.1) is 0 Å². The Morgan fingerprint density at radius 3 is 1.12 bits per heavy atom. The van der Waals surface area contributed by atoms with E-state index in [1.165, 1.54) is 0 Å². The third-order valence-corrected chi connectivity index (χ3v) is 6.92. The highest BCUT2D eigenvalue weighted by molar-refractivity contribution is 6.99. The van der Waals surface area contributed by atoms with Crippen LogP contribution in [0.25, 0.3) is 0 Å². The Labute approximate surface area is 100.0 Å². The van der Waals surface area contributed by atoms with Gasteiger partial charge in [-0.2, -0.15) is 0 Å². The lowest BCUT2D eigenvalue weighted by Crippen LogP contribution is -2.56. The molecule has 0 aromatic heterocycles. The van der Waals surface area contributed by atoms with Crippen LogP contribution >= 0.6 is 0 Å². The topological polar surface area (TPSA) is 40.5 Å². The Morgan fingerprint density at radius 2 is 0.938 bits per heavy atom. The van der Waals surface area contributed by atoms with Crippen LogP contribution in [0, 0.1) is 0 Å². The highest BCUT2D eigenvalue weighted by Gasteiger charge is 2.32. The van der Waals surface area contributed by atoms with E-state index in [1.807, 2.05) is 0 Å². The van der Waals surface area contributed by atoms with Crippen molar-refractivity contribution < 1.29 is 10.2 Å². The molecule has 0 saturated heterocycles. The van der Waals surface area contributed by atoms with Gasteiger partial charge in [-0.05, 0) is 22.5 Å². The summed E-state index contributed by atoms with van der Waals surface area (Å²) in [4.78, 5) is 0. The SMILES string of the molecule is C[Si](C)(C)c1c(O)ccc(O)c1[Si](C)(C)C. The van der Waals surface area contributed by atoms with Crippen LogP contribution in [-0.2, 0) is 0 Å². The lowest BCUT2D eigenvalue weighted by molar-refractivity contribution is 0.466. The van der Waals surface area contributed by atoms with E-state index in [-0.39, 0.29) is 0 Å². The summed E-state index contributed by atoms with van der Waals surface area (Å²) in [5, 5.41) is 22.2. The van der Waals surface area contributed by atoms with Gasteiger partial charge in [0.2, 0.25) is 0 Å². The van der Waals surface area contributed by atoms with Gasteiger partial charge in [-0.3, -0.25) is 0 Å². The van der Waals surface area contributed by atoms with E-state index in [1.54, 1.807) is 12.1 Å². The molecule has 4 heteroatoms. The molecule has 0 atom stereocenters. The molecular weight excluding hydrogens is 232 g/mol. The van der Waals surface area contributed by atoms with Crippen molar-refractivity contribution in [3.8, 4) is 11.5 Å². The molecule has 90 valence electrons. The number of phenolic OH excluding ortho intramolecular Hbond substituents is 2. The first kappa shape index (κ1) is 13.3. The standard InChI is InChI=1S/C12H22O2Si2/c1-15(2,3)11-9(13)7-8-10(14)12(11)16(4,5)6/h7-8,13-14H,1-6H3. The van der Waals surface area contributed by atoms with Crippen molar-refractivity contribution in [2.45, 2.75) is 39.3 Å². The predicted molar refractivity (Wildman–Crippen MR) is 75.7 cm³/mol. The van der Waals surface area contributed by atoms with Crippen LogP contribution in [-0.4, -0.2) is 26.4 Å². The van der Waals surface area contributed by atoms with Crippen LogP contribution in [0.2, 0.25) is 39.3 Å². The maximum Gasteiger partial charge on any atom is 0.114 e. The number of rotatable bonds is 2. The maximum atomic E-state index is 10.1. The minimum atomic E-state index is -1.64. The van der Waals surface area contributed by atoms with Gasteiger partial charge < -0.3 is 10.2 Å². The quantitative estimate of drug-likeness (QED) is 0.627. The average Bonchev–Trinajstić information content (AvgIpc) is 2.04. The van der Waals surface area contributed by atoms with Crippen LogP contribution in [0.15, 0.2) is 12.1 Å². The molecule has 1 aromatic rings. The Bertz CT molecular complexity index is 362. The molecule has 1 aromatic carbocycles. The zero-order valence-electron chi connectivity index (χ0n) is 11.0. The Morgan fingerprint density at radius 1 is 0.688 bits per heavy atom. The first-order valence-corrected chi connectivity index (χ1v) is 12.6. The average molecular weight is 254 g/mol. The van der Waals surface area contributed by atoms with Crippen LogP contribution < -0.4 is 10.4 Å². The molecule has 2 nitrogen and oxygen atoms in total. The number of hydrogen-bond donors (Lipinski definition) is 2. The monoisotopic (exact) mass is 254 g/mol. The first-order chi connectivity index (χ1) is 7.05. The van der Waals surface area contributed by atoms with Crippen molar-refractivity contribution in [1.82, 2.24) is 0 Å². The molecule has 0 heterocycles. The molecule has 0 fully saturated rings. The number of aromatic hydroxyl groups is 2. The highest BCUT2D eigenvalue weighted by Crippen LogP contribution is 2.20. The van der Waals surface area contributed by atoms with E-state index in [0.717, 1.165) is 10.4 Å². The van der Waals surface area contributed by atoms with Gasteiger partial charge in [-0.25, -0.2) is 0 Å². The second-order valence-corrected chi connectivity index (χ2v) is 16.4. The van der Waals surface area contributed by atoms with Gasteiger partial charge in [0.1, 0.15) is 11.5 Å². The molecule has 0 radical (unpaired) electrons. The second-order valence-electron chi connectivity index (χ2n) is 6.35. The molecule has 0 unspecified atom stereocenters. The normalized spacial score (nSPS) is 12.9. The number of hydrogen-bond acceptors (Lipinski definition) is 2. The highest BCUT2D eigenvalue weighted by atomic mass is 28.3. The van der Waals surface area contributed by atoms with E-state index in [4.69, 9.17) is 0 Å². The van der Waals surface area contributed by atoms with Gasteiger partial charge in [0.25, 0.3) is 0 Å². The van der Waals surface area contributed by atoms with E-state index in [9.17, 15) is 10.2 Å². The molecule has 2 N–H and O–H groups in total. The van der Waals surface area contributed by atoms with Crippen LogP contribution in [0.5, 0.6) is 11.5 Å². The summed E-state index contributed by atoms with van der Waals surface area (Å²) < 4.78 is 0. The molecule has 0 aliphatic rings. The van der Waals surface area contributed by atoms with Crippen molar-refractivity contribution in [3.05, 3.63) is 12.1 Å². The summed E-state index contributed by atoms with van der Waals surface area (Å²) in [7, 11) is -3.28. The van der Waals surface area contributed by atoms with Crippen molar-refractivity contribution >= 4 is 26.5 Å². The summed E-state index contributed by atoms with van der Waals surface area (Å²) in [6, 6.07) is 3.24. The molecule has 0 aliphatic heterocycles. The zero-order chi connectivity index (χ0) is 12.7. The van der Waals surface area contributed by atoms with Crippen molar-refractivity contribution in [2.75, 3.05) is 0 Å². The smallest absolute Gasteiger partial charge is 0.114 e. The largest absolute Gasteiger partial charge is 0.508 e. The maximum absolute atomic E-state index is 10.1. The summed E-state index contributed by atoms with van der Waals surface area (Å²) in [6.45, 7) is 13.2. The fourth-order valence-corrected chi connectivity index (χ4v) is 7.81. The number of phenols is 2. The zero-order valence-corrected chi connectivity index (χ0v) is 13.0. The van der Waals surface area contributed by atoms with Crippen molar-refractivity contribution in [1.29, 1.82) is 0 Å². The van der Waals surface area contributed by atoms with E-state index in [2.05, 4.69) is 39.3 Å². The van der Waals surface area contributed by atoms with Crippen LogP contribution in [0.1, 0.15) is 0 Å². The Balaban J connectivity index is 3.64. The van der Waals surface area contributed by atoms with Crippen molar-refractivity contribution in [2.24, 2.45) is 0 Å². The predicted octanol–water partition coefficient (Wildman–Crippen LogP) is 2.19. The molecule has 0 saturated carbocycles. The molecule has 0 amide bonds. The van der Waals surface area contributed by atoms with E-state index < -0.39 is 16.1 Å². The lowest BCUT2D eigenvalue weighted by Gasteiger charge is -2.29. The van der Waals surface area contributed by atoms with Gasteiger partial charge in [-0.1, -0.05) is 39.3 Å². The first-order valence-electron chi connectivity index (χ1n) is 5.61. The van der Waals surface area contributed by atoms with Gasteiger partial charge in [0, 0.05) is 0 Å².